The molecule has 1 heterocycles. The highest BCUT2D eigenvalue weighted by molar-refractivity contribution is 7.91. The van der Waals surface area contributed by atoms with Crippen LogP contribution in [0.4, 0.5) is 4.39 Å². The Morgan fingerprint density at radius 3 is 2.43 bits per heavy atom. The van der Waals surface area contributed by atoms with Crippen LogP contribution in [0.25, 0.3) is 0 Å². The van der Waals surface area contributed by atoms with Crippen molar-refractivity contribution in [1.29, 1.82) is 0 Å². The van der Waals surface area contributed by atoms with Crippen LogP contribution in [0.1, 0.15) is 26.7 Å². The van der Waals surface area contributed by atoms with Gasteiger partial charge in [-0.2, -0.15) is 0 Å². The zero-order chi connectivity index (χ0) is 22.1. The Hall–Kier alpha value is -1.97. The van der Waals surface area contributed by atoms with E-state index in [1.54, 1.807) is 0 Å². The largest absolute Gasteiger partial charge is 0.489 e. The third-order valence-corrected chi connectivity index (χ3v) is 6.50. The standard InChI is InChI=1S/C21H31FN2O5S/c1-16(2)21(25)24-9-7-17(8-10-24)13-28-15-30(26,27)20-5-3-19(4-6-20)29-14-18(11-22)12-23/h3-6,11,16-17H,7-10,12-15,23H2,1-2H3/b18-11+. The lowest BCUT2D eigenvalue weighted by molar-refractivity contribution is -0.136. The zero-order valence-electron chi connectivity index (χ0n) is 17.6. The third-order valence-electron chi connectivity index (χ3n) is 5.04. The predicted octanol–water partition coefficient (Wildman–Crippen LogP) is 2.52. The lowest BCUT2D eigenvalue weighted by Gasteiger charge is -2.32. The monoisotopic (exact) mass is 442 g/mol. The Kier molecular flexibility index (Phi) is 9.26. The highest BCUT2D eigenvalue weighted by atomic mass is 32.2. The Labute approximate surface area is 177 Å². The van der Waals surface area contributed by atoms with E-state index in [-0.39, 0.29) is 35.8 Å². The number of nitrogens with two attached hydrogens (primary N) is 1. The van der Waals surface area contributed by atoms with E-state index in [0.717, 1.165) is 12.8 Å². The molecule has 168 valence electrons. The van der Waals surface area contributed by atoms with Crippen LogP contribution in [0.15, 0.2) is 41.1 Å². The number of benzene rings is 1. The molecule has 0 unspecified atom stereocenters. The number of piperidine rings is 1. The summed E-state index contributed by atoms with van der Waals surface area (Å²) in [5, 5.41) is 0. The molecule has 1 aromatic rings. The number of nitrogens with zero attached hydrogens (tertiary/aromatic N) is 1. The van der Waals surface area contributed by atoms with Crippen LogP contribution < -0.4 is 10.5 Å². The van der Waals surface area contributed by atoms with Crippen molar-refractivity contribution >= 4 is 15.7 Å². The van der Waals surface area contributed by atoms with Crippen molar-refractivity contribution in [2.75, 3.05) is 38.8 Å². The van der Waals surface area contributed by atoms with Crippen LogP contribution in [0.3, 0.4) is 0 Å². The first-order chi connectivity index (χ1) is 14.3. The van der Waals surface area contributed by atoms with E-state index in [0.29, 0.717) is 37.3 Å². The molecule has 2 rings (SSSR count). The molecule has 1 saturated heterocycles. The normalized spacial score (nSPS) is 16.2. The molecule has 0 bridgehead atoms. The fourth-order valence-corrected chi connectivity index (χ4v) is 4.13. The summed E-state index contributed by atoms with van der Waals surface area (Å²) in [7, 11) is -3.59. The number of ether oxygens (including phenoxy) is 2. The molecule has 0 spiro atoms. The molecule has 0 atom stereocenters. The van der Waals surface area contributed by atoms with E-state index in [2.05, 4.69) is 0 Å². The van der Waals surface area contributed by atoms with Crippen LogP contribution in [0.5, 0.6) is 5.75 Å². The second-order valence-electron chi connectivity index (χ2n) is 7.76. The minimum atomic E-state index is -3.59. The van der Waals surface area contributed by atoms with Gasteiger partial charge in [0.25, 0.3) is 0 Å². The number of carbonyl (C=O) groups is 1. The number of sulfone groups is 1. The smallest absolute Gasteiger partial charge is 0.225 e. The van der Waals surface area contributed by atoms with Crippen LogP contribution in [-0.2, 0) is 19.4 Å². The van der Waals surface area contributed by atoms with Crippen molar-refractivity contribution in [3.05, 3.63) is 36.2 Å². The number of rotatable bonds is 10. The molecule has 9 heteroatoms. The van der Waals surface area contributed by atoms with Crippen LogP contribution in [0, 0.1) is 11.8 Å². The molecule has 0 radical (unpaired) electrons. The van der Waals surface area contributed by atoms with Gasteiger partial charge in [-0.15, -0.1) is 0 Å². The Morgan fingerprint density at radius 1 is 1.27 bits per heavy atom. The molecule has 0 aliphatic carbocycles. The van der Waals surface area contributed by atoms with Crippen molar-refractivity contribution in [3.63, 3.8) is 0 Å². The van der Waals surface area contributed by atoms with E-state index < -0.39 is 15.8 Å². The Balaban J connectivity index is 1.78. The first-order valence-electron chi connectivity index (χ1n) is 10.1. The molecule has 1 aliphatic rings. The third kappa shape index (κ3) is 7.07. The van der Waals surface area contributed by atoms with Crippen LogP contribution >= 0.6 is 0 Å². The number of hydrogen-bond donors (Lipinski definition) is 1. The fourth-order valence-electron chi connectivity index (χ4n) is 3.13. The summed E-state index contributed by atoms with van der Waals surface area (Å²) >= 11 is 0. The van der Waals surface area contributed by atoms with Gasteiger partial charge in [-0.1, -0.05) is 13.8 Å². The number of carbonyl (C=O) groups excluding carboxylic acids is 1. The highest BCUT2D eigenvalue weighted by Gasteiger charge is 2.25. The first-order valence-corrected chi connectivity index (χ1v) is 11.7. The number of amides is 1. The summed E-state index contributed by atoms with van der Waals surface area (Å²) in [6.07, 6.45) is 2.02. The average molecular weight is 443 g/mol. The van der Waals surface area contributed by atoms with Crippen molar-refractivity contribution in [3.8, 4) is 5.75 Å². The topological polar surface area (TPSA) is 98.9 Å². The molecule has 1 aromatic carbocycles. The molecule has 0 saturated carbocycles. The summed E-state index contributed by atoms with van der Waals surface area (Å²) < 4.78 is 48.3. The molecular formula is C21H31FN2O5S. The molecule has 1 amide bonds. The minimum Gasteiger partial charge on any atom is -0.489 e. The maximum absolute atomic E-state index is 12.5. The molecule has 7 nitrogen and oxygen atoms in total. The lowest BCUT2D eigenvalue weighted by Crippen LogP contribution is -2.41. The molecule has 0 aromatic heterocycles. The summed E-state index contributed by atoms with van der Waals surface area (Å²) in [5.41, 5.74) is 5.67. The van der Waals surface area contributed by atoms with E-state index >= 15 is 0 Å². The van der Waals surface area contributed by atoms with E-state index in [1.165, 1.54) is 24.3 Å². The second kappa shape index (κ2) is 11.4. The summed E-state index contributed by atoms with van der Waals surface area (Å²) in [4.78, 5) is 14.0. The second-order valence-corrected chi connectivity index (χ2v) is 9.69. The first kappa shape index (κ1) is 24.3. The highest BCUT2D eigenvalue weighted by Crippen LogP contribution is 2.21. The summed E-state index contributed by atoms with van der Waals surface area (Å²) in [6.45, 7) is 5.54. The van der Waals surface area contributed by atoms with Gasteiger partial charge in [0.2, 0.25) is 15.7 Å². The summed E-state index contributed by atoms with van der Waals surface area (Å²) in [6, 6.07) is 5.90. The number of likely N-dealkylation sites (tertiary alicyclic amines) is 1. The zero-order valence-corrected chi connectivity index (χ0v) is 18.4. The van der Waals surface area contributed by atoms with Gasteiger partial charge in [0.05, 0.1) is 17.8 Å². The van der Waals surface area contributed by atoms with Crippen molar-refractivity contribution in [2.24, 2.45) is 17.6 Å². The van der Waals surface area contributed by atoms with E-state index in [9.17, 15) is 17.6 Å². The molecule has 1 fully saturated rings. The molecule has 30 heavy (non-hydrogen) atoms. The lowest BCUT2D eigenvalue weighted by atomic mass is 9.97. The summed E-state index contributed by atoms with van der Waals surface area (Å²) in [5.74, 6) is 0.407. The van der Waals surface area contributed by atoms with Crippen LogP contribution in [0.2, 0.25) is 0 Å². The van der Waals surface area contributed by atoms with Crippen molar-refractivity contribution < 1.29 is 27.1 Å². The van der Waals surface area contributed by atoms with Gasteiger partial charge in [0.15, 0.2) is 5.94 Å². The average Bonchev–Trinajstić information content (AvgIpc) is 2.74. The van der Waals surface area contributed by atoms with Crippen molar-refractivity contribution in [2.45, 2.75) is 31.6 Å². The van der Waals surface area contributed by atoms with E-state index in [4.69, 9.17) is 15.2 Å². The molecule has 1 aliphatic heterocycles. The minimum absolute atomic E-state index is 0.00376. The molecular weight excluding hydrogens is 411 g/mol. The Morgan fingerprint density at radius 2 is 1.90 bits per heavy atom. The van der Waals surface area contributed by atoms with Gasteiger partial charge in [-0.05, 0) is 43.0 Å². The molecule has 2 N–H and O–H groups in total. The van der Waals surface area contributed by atoms with Gasteiger partial charge in [0.1, 0.15) is 12.4 Å². The Bertz CT molecular complexity index is 816. The van der Waals surface area contributed by atoms with E-state index in [1.807, 2.05) is 18.7 Å². The number of hydrogen-bond acceptors (Lipinski definition) is 6. The number of halogens is 1. The maximum atomic E-state index is 12.5. The van der Waals surface area contributed by atoms with Crippen molar-refractivity contribution in [1.82, 2.24) is 4.90 Å². The predicted molar refractivity (Wildman–Crippen MR) is 112 cm³/mol. The van der Waals surface area contributed by atoms with Gasteiger partial charge in [-0.25, -0.2) is 12.8 Å². The maximum Gasteiger partial charge on any atom is 0.225 e. The van der Waals surface area contributed by atoms with Crippen LogP contribution in [-0.4, -0.2) is 58.0 Å². The van der Waals surface area contributed by atoms with Gasteiger partial charge < -0.3 is 20.1 Å². The fraction of sp³-hybridized carbons (Fsp3) is 0.571. The van der Waals surface area contributed by atoms with Gasteiger partial charge >= 0.3 is 0 Å². The SMILES string of the molecule is CC(C)C(=O)N1CCC(COCS(=O)(=O)c2ccc(OC/C(=C/F)CN)cc2)CC1. The quantitative estimate of drug-likeness (QED) is 0.598. The van der Waals surface area contributed by atoms with Gasteiger partial charge in [-0.3, -0.25) is 4.79 Å². The van der Waals surface area contributed by atoms with Gasteiger partial charge in [0, 0.05) is 31.1 Å².